The molecule has 268 valence electrons. The van der Waals surface area contributed by atoms with E-state index in [0.29, 0.717) is 24.8 Å². The second-order valence-corrected chi connectivity index (χ2v) is 14.6. The van der Waals surface area contributed by atoms with E-state index in [1.165, 1.54) is 12.2 Å². The third kappa shape index (κ3) is 6.51. The topological polar surface area (TPSA) is 204 Å². The van der Waals surface area contributed by atoms with Crippen LogP contribution in [0.4, 0.5) is 4.39 Å². The van der Waals surface area contributed by atoms with E-state index in [1.807, 2.05) is 13.8 Å². The molecular formula is C33H47FN2O12. The summed E-state index contributed by atoms with van der Waals surface area (Å²) in [5, 5.41) is 28.3. The molecule has 1 aliphatic heterocycles. The molecule has 3 saturated carbocycles. The molecule has 0 amide bonds. The Morgan fingerprint density at radius 2 is 1.83 bits per heavy atom. The molecule has 0 radical (unpaired) electrons. The number of ketones is 2. The van der Waals surface area contributed by atoms with Crippen molar-refractivity contribution < 1.29 is 62.9 Å². The highest BCUT2D eigenvalue weighted by molar-refractivity contribution is 6.01. The number of fused-ring (bicyclic) bond motifs is 7. The molecule has 1 unspecified atom stereocenters. The number of nitrogens with two attached hydrogens (primary N) is 1. The van der Waals surface area contributed by atoms with Crippen LogP contribution in [0.5, 0.6) is 0 Å². The Labute approximate surface area is 278 Å². The summed E-state index contributed by atoms with van der Waals surface area (Å²) in [5.41, 5.74) is 2.81. The zero-order valence-corrected chi connectivity index (χ0v) is 27.8. The summed E-state index contributed by atoms with van der Waals surface area (Å²) in [7, 11) is 0. The third-order valence-electron chi connectivity index (χ3n) is 11.2. The number of unbranched alkanes of at least 4 members (excludes halogenated alkanes) is 1. The van der Waals surface area contributed by atoms with E-state index in [1.54, 1.807) is 19.9 Å². The minimum absolute atomic E-state index is 0.00389. The number of carbonyl (C=O) groups is 4. The van der Waals surface area contributed by atoms with Crippen molar-refractivity contribution in [3.8, 4) is 0 Å². The van der Waals surface area contributed by atoms with Crippen LogP contribution in [0.15, 0.2) is 23.8 Å². The molecule has 0 aromatic heterocycles. The molecule has 0 bridgehead atoms. The lowest BCUT2D eigenvalue weighted by Gasteiger charge is -2.60. The van der Waals surface area contributed by atoms with Crippen molar-refractivity contribution in [3.63, 3.8) is 0 Å². The van der Waals surface area contributed by atoms with Crippen molar-refractivity contribution >= 4 is 23.5 Å². The van der Waals surface area contributed by atoms with Crippen LogP contribution in [-0.2, 0) is 43.0 Å². The van der Waals surface area contributed by atoms with Gasteiger partial charge in [0, 0.05) is 23.2 Å². The summed E-state index contributed by atoms with van der Waals surface area (Å²) in [6, 6.07) is -1.11. The zero-order valence-electron chi connectivity index (χ0n) is 27.8. The highest BCUT2D eigenvalue weighted by atomic mass is 19.1. The maximum atomic E-state index is 15.8. The lowest BCUT2D eigenvalue weighted by atomic mass is 9.46. The SMILES string of the molecule is CC1(C)O[C@@H]2C[C@H]3[C@@H]4C[C@H](F)C5=CC(=O)C=C[C@]5(C)[C@H]4[C@@H](O)C[C@]3(C)[C@]2(C(=O)COC(=O)CCC(N)C(=O)OCCCCON(O)O)O1. The lowest BCUT2D eigenvalue weighted by molar-refractivity contribution is -0.492. The number of aliphatic hydroxyl groups excluding tert-OH is 1. The first-order valence-electron chi connectivity index (χ1n) is 16.5. The number of aliphatic hydroxyl groups is 1. The number of halogens is 1. The van der Waals surface area contributed by atoms with Crippen molar-refractivity contribution in [2.24, 2.45) is 34.3 Å². The number of carbonyl (C=O) groups excluding carboxylic acids is 4. The van der Waals surface area contributed by atoms with Gasteiger partial charge in [-0.05, 0) is 81.9 Å². The van der Waals surface area contributed by atoms with Crippen LogP contribution >= 0.6 is 0 Å². The Balaban J connectivity index is 1.23. The minimum atomic E-state index is -1.58. The van der Waals surface area contributed by atoms with Crippen molar-refractivity contribution in [1.29, 1.82) is 0 Å². The van der Waals surface area contributed by atoms with E-state index in [-0.39, 0.29) is 56.5 Å². The predicted molar refractivity (Wildman–Crippen MR) is 161 cm³/mol. The predicted octanol–water partition coefficient (Wildman–Crippen LogP) is 2.27. The van der Waals surface area contributed by atoms with Gasteiger partial charge < -0.3 is 29.8 Å². The molecule has 0 spiro atoms. The van der Waals surface area contributed by atoms with E-state index < -0.39 is 82.3 Å². The van der Waals surface area contributed by atoms with Gasteiger partial charge in [-0.15, -0.1) is 0 Å². The van der Waals surface area contributed by atoms with Crippen molar-refractivity contribution in [3.05, 3.63) is 23.8 Å². The number of allylic oxidation sites excluding steroid dienone is 4. The summed E-state index contributed by atoms with van der Waals surface area (Å²) >= 11 is 0. The van der Waals surface area contributed by atoms with E-state index in [0.717, 1.165) is 0 Å². The minimum Gasteiger partial charge on any atom is -0.465 e. The van der Waals surface area contributed by atoms with Crippen LogP contribution in [0.3, 0.4) is 0 Å². The van der Waals surface area contributed by atoms with Gasteiger partial charge in [-0.2, -0.15) is 0 Å². The number of hydrogen-bond donors (Lipinski definition) is 4. The third-order valence-corrected chi connectivity index (χ3v) is 11.2. The van der Waals surface area contributed by atoms with Gasteiger partial charge in [0.2, 0.25) is 5.78 Å². The van der Waals surface area contributed by atoms with Gasteiger partial charge in [0.05, 0.1) is 30.8 Å². The van der Waals surface area contributed by atoms with Gasteiger partial charge in [-0.25, -0.2) is 4.39 Å². The Hall–Kier alpha value is -2.63. The number of alkyl halides is 1. The lowest BCUT2D eigenvalue weighted by Crippen LogP contribution is -2.64. The molecule has 1 saturated heterocycles. The molecule has 10 atom stereocenters. The molecule has 48 heavy (non-hydrogen) atoms. The Morgan fingerprint density at radius 3 is 2.54 bits per heavy atom. The molecular weight excluding hydrogens is 635 g/mol. The summed E-state index contributed by atoms with van der Waals surface area (Å²) < 4.78 is 39.0. The fourth-order valence-corrected chi connectivity index (χ4v) is 9.28. The quantitative estimate of drug-likeness (QED) is 0.125. The molecule has 5 aliphatic rings. The van der Waals surface area contributed by atoms with Crippen molar-refractivity contribution in [1.82, 2.24) is 5.39 Å². The van der Waals surface area contributed by atoms with Gasteiger partial charge in [0.1, 0.15) is 12.2 Å². The maximum Gasteiger partial charge on any atom is 0.322 e. The van der Waals surface area contributed by atoms with Gasteiger partial charge >= 0.3 is 11.9 Å². The highest BCUT2D eigenvalue weighted by Crippen LogP contribution is 2.70. The standard InChI is InChI=1S/C33H47FN2O12/c1-30(2)47-26-15-20-19-14-22(34)21-13-18(37)9-10-31(21,3)28(19)24(38)16-32(20,4)33(26,48-30)25(39)17-45-27(40)8-7-23(35)29(41)44-11-5-6-12-46-36(42)43/h9-10,13,19-20,22-24,26,28,38,42-43H,5-8,11-12,14-17,35H2,1-4H3/t19-,20-,22-,23?,24-,26+,28+,31-,32-,33+/m0/s1. The van der Waals surface area contributed by atoms with Gasteiger partial charge in [-0.3, -0.25) is 34.4 Å². The second kappa shape index (κ2) is 13.6. The summed E-state index contributed by atoms with van der Waals surface area (Å²) in [5.74, 6) is -4.45. The molecule has 5 N–H and O–H groups in total. The van der Waals surface area contributed by atoms with E-state index >= 15 is 4.39 Å². The van der Waals surface area contributed by atoms with Gasteiger partial charge in [-0.1, -0.05) is 19.9 Å². The Morgan fingerprint density at radius 1 is 1.12 bits per heavy atom. The fourth-order valence-electron chi connectivity index (χ4n) is 9.28. The first-order valence-corrected chi connectivity index (χ1v) is 16.5. The number of esters is 2. The van der Waals surface area contributed by atoms with Crippen LogP contribution in [0, 0.1) is 28.6 Å². The highest BCUT2D eigenvalue weighted by Gasteiger charge is 2.77. The first-order chi connectivity index (χ1) is 22.4. The second-order valence-electron chi connectivity index (χ2n) is 14.6. The van der Waals surface area contributed by atoms with Gasteiger partial charge in [0.15, 0.2) is 23.8 Å². The van der Waals surface area contributed by atoms with Crippen LogP contribution in [0.2, 0.25) is 0 Å². The Kier molecular flexibility index (Phi) is 10.4. The smallest absolute Gasteiger partial charge is 0.322 e. The van der Waals surface area contributed by atoms with E-state index in [2.05, 4.69) is 4.84 Å². The fraction of sp³-hybridized carbons (Fsp3) is 0.758. The average molecular weight is 683 g/mol. The van der Waals surface area contributed by atoms with Crippen LogP contribution in [0.1, 0.15) is 72.6 Å². The van der Waals surface area contributed by atoms with Gasteiger partial charge in [0.25, 0.3) is 0 Å². The average Bonchev–Trinajstić information content (AvgIpc) is 3.42. The summed E-state index contributed by atoms with van der Waals surface area (Å²) in [4.78, 5) is 55.6. The van der Waals surface area contributed by atoms with E-state index in [9.17, 15) is 24.3 Å². The number of rotatable bonds is 13. The molecule has 5 rings (SSSR count). The number of hydrogen-bond acceptors (Lipinski definition) is 14. The zero-order chi connectivity index (χ0) is 35.2. The molecule has 15 heteroatoms. The summed E-state index contributed by atoms with van der Waals surface area (Å²) in [6.45, 7) is 6.49. The molecule has 1 heterocycles. The number of ether oxygens (including phenoxy) is 4. The van der Waals surface area contributed by atoms with Crippen LogP contribution in [-0.4, -0.2) is 100 Å². The van der Waals surface area contributed by atoms with Crippen molar-refractivity contribution in [2.75, 3.05) is 19.8 Å². The summed E-state index contributed by atoms with van der Waals surface area (Å²) in [6.07, 6.45) is 2.43. The maximum absolute atomic E-state index is 15.8. The monoisotopic (exact) mass is 682 g/mol. The normalized spacial score (nSPS) is 38.4. The largest absolute Gasteiger partial charge is 0.465 e. The van der Waals surface area contributed by atoms with Crippen LogP contribution < -0.4 is 5.73 Å². The molecule has 4 aliphatic carbocycles. The molecule has 4 fully saturated rings. The number of Topliss-reactive ketones (excluding diaryl/α,β-unsaturated/α-hetero) is 1. The van der Waals surface area contributed by atoms with Crippen LogP contribution in [0.25, 0.3) is 0 Å². The van der Waals surface area contributed by atoms with Crippen molar-refractivity contribution in [2.45, 2.75) is 108 Å². The molecule has 14 nitrogen and oxygen atoms in total. The Bertz CT molecular complexity index is 1350. The number of nitrogens with zero attached hydrogens (tertiary/aromatic N) is 1. The molecule has 0 aromatic rings. The van der Waals surface area contributed by atoms with E-state index in [4.69, 9.17) is 35.1 Å². The first kappa shape index (κ1) is 36.6. The molecule has 0 aromatic carbocycles.